The first-order chi connectivity index (χ1) is 7.88. The SMILES string of the molecule is OCC(COC1=CCCC1)OC1=CCCC1. The molecule has 3 nitrogen and oxygen atoms in total. The van der Waals surface area contributed by atoms with Gasteiger partial charge in [0, 0.05) is 12.8 Å². The molecule has 0 aromatic heterocycles. The van der Waals surface area contributed by atoms with Crippen LogP contribution in [0.3, 0.4) is 0 Å². The minimum absolute atomic E-state index is 0.0185. The van der Waals surface area contributed by atoms with Gasteiger partial charge in [-0.25, -0.2) is 0 Å². The van der Waals surface area contributed by atoms with E-state index in [4.69, 9.17) is 9.47 Å². The molecule has 2 rings (SSSR count). The van der Waals surface area contributed by atoms with E-state index >= 15 is 0 Å². The van der Waals surface area contributed by atoms with E-state index in [2.05, 4.69) is 12.2 Å². The fraction of sp³-hybridized carbons (Fsp3) is 0.692. The molecule has 1 atom stereocenters. The highest BCUT2D eigenvalue weighted by atomic mass is 16.5. The van der Waals surface area contributed by atoms with E-state index in [1.807, 2.05) is 0 Å². The molecule has 0 saturated heterocycles. The number of allylic oxidation sites excluding steroid dienone is 4. The molecule has 0 heterocycles. The van der Waals surface area contributed by atoms with Crippen LogP contribution in [0.15, 0.2) is 23.7 Å². The summed E-state index contributed by atoms with van der Waals surface area (Å²) in [6.45, 7) is 0.476. The number of aliphatic hydroxyl groups is 1. The average molecular weight is 224 g/mol. The van der Waals surface area contributed by atoms with Crippen molar-refractivity contribution in [3.8, 4) is 0 Å². The minimum atomic E-state index is -0.217. The molecule has 90 valence electrons. The summed E-state index contributed by atoms with van der Waals surface area (Å²) in [6.07, 6.45) is 10.6. The Bertz CT molecular complexity index is 281. The molecule has 0 spiro atoms. The van der Waals surface area contributed by atoms with Gasteiger partial charge in [-0.3, -0.25) is 0 Å². The summed E-state index contributed by atoms with van der Waals surface area (Å²) in [5, 5.41) is 9.21. The lowest BCUT2D eigenvalue weighted by Crippen LogP contribution is -2.23. The maximum Gasteiger partial charge on any atom is 0.155 e. The lowest BCUT2D eigenvalue weighted by molar-refractivity contribution is 0.00345. The van der Waals surface area contributed by atoms with Gasteiger partial charge in [0.2, 0.25) is 0 Å². The van der Waals surface area contributed by atoms with Gasteiger partial charge >= 0.3 is 0 Å². The largest absolute Gasteiger partial charge is 0.494 e. The number of aliphatic hydroxyl groups excluding tert-OH is 1. The van der Waals surface area contributed by atoms with Crippen molar-refractivity contribution in [1.29, 1.82) is 0 Å². The van der Waals surface area contributed by atoms with Crippen molar-refractivity contribution in [2.24, 2.45) is 0 Å². The van der Waals surface area contributed by atoms with Gasteiger partial charge in [0.05, 0.1) is 18.1 Å². The summed E-state index contributed by atoms with van der Waals surface area (Å²) in [5.74, 6) is 2.07. The molecule has 0 bridgehead atoms. The van der Waals surface area contributed by atoms with Crippen LogP contribution in [-0.2, 0) is 9.47 Å². The highest BCUT2D eigenvalue weighted by molar-refractivity contribution is 5.01. The van der Waals surface area contributed by atoms with Crippen LogP contribution in [0.4, 0.5) is 0 Å². The van der Waals surface area contributed by atoms with Gasteiger partial charge in [0.15, 0.2) is 6.10 Å². The van der Waals surface area contributed by atoms with E-state index in [9.17, 15) is 5.11 Å². The van der Waals surface area contributed by atoms with Crippen molar-refractivity contribution in [3.05, 3.63) is 23.7 Å². The van der Waals surface area contributed by atoms with Crippen molar-refractivity contribution in [1.82, 2.24) is 0 Å². The molecule has 0 saturated carbocycles. The highest BCUT2D eigenvalue weighted by Gasteiger charge is 2.15. The number of ether oxygens (including phenoxy) is 2. The Balaban J connectivity index is 1.72. The average Bonchev–Trinajstić information content (AvgIpc) is 2.97. The summed E-state index contributed by atoms with van der Waals surface area (Å²) in [4.78, 5) is 0. The van der Waals surface area contributed by atoms with Crippen LogP contribution in [0.1, 0.15) is 38.5 Å². The van der Waals surface area contributed by atoms with E-state index in [0.717, 1.165) is 37.2 Å². The second kappa shape index (κ2) is 5.94. The summed E-state index contributed by atoms with van der Waals surface area (Å²) in [7, 11) is 0. The molecule has 0 aliphatic heterocycles. The highest BCUT2D eigenvalue weighted by Crippen LogP contribution is 2.22. The summed E-state index contributed by atoms with van der Waals surface area (Å²) >= 11 is 0. The van der Waals surface area contributed by atoms with Crippen LogP contribution in [0.5, 0.6) is 0 Å². The van der Waals surface area contributed by atoms with Crippen molar-refractivity contribution in [2.45, 2.75) is 44.6 Å². The van der Waals surface area contributed by atoms with Gasteiger partial charge in [-0.05, 0) is 37.8 Å². The van der Waals surface area contributed by atoms with Crippen molar-refractivity contribution in [2.75, 3.05) is 13.2 Å². The smallest absolute Gasteiger partial charge is 0.155 e. The zero-order valence-electron chi connectivity index (χ0n) is 9.65. The Morgan fingerprint density at radius 2 is 1.81 bits per heavy atom. The normalized spacial score (nSPS) is 21.6. The molecule has 0 amide bonds. The molecular weight excluding hydrogens is 204 g/mol. The Morgan fingerprint density at radius 1 is 1.12 bits per heavy atom. The first-order valence-electron chi connectivity index (χ1n) is 6.17. The number of rotatable bonds is 6. The molecule has 16 heavy (non-hydrogen) atoms. The van der Waals surface area contributed by atoms with E-state index in [0.29, 0.717) is 6.61 Å². The van der Waals surface area contributed by atoms with E-state index in [-0.39, 0.29) is 12.7 Å². The van der Waals surface area contributed by atoms with E-state index in [1.165, 1.54) is 12.8 Å². The quantitative estimate of drug-likeness (QED) is 0.753. The topological polar surface area (TPSA) is 38.7 Å². The number of hydrogen-bond acceptors (Lipinski definition) is 3. The van der Waals surface area contributed by atoms with Crippen LogP contribution < -0.4 is 0 Å². The van der Waals surface area contributed by atoms with Crippen LogP contribution >= 0.6 is 0 Å². The molecule has 1 unspecified atom stereocenters. The van der Waals surface area contributed by atoms with Crippen LogP contribution in [0.25, 0.3) is 0 Å². The fourth-order valence-electron chi connectivity index (χ4n) is 2.06. The second-order valence-electron chi connectivity index (χ2n) is 4.36. The minimum Gasteiger partial charge on any atom is -0.494 e. The van der Waals surface area contributed by atoms with Gasteiger partial charge < -0.3 is 14.6 Å². The standard InChI is InChI=1S/C13H20O3/c14-9-13(16-12-7-3-4-8-12)10-15-11-5-1-2-6-11/h5,7,13-14H,1-4,6,8-10H2. The summed E-state index contributed by atoms with van der Waals surface area (Å²) in [6, 6.07) is 0. The first-order valence-corrected chi connectivity index (χ1v) is 6.17. The zero-order chi connectivity index (χ0) is 11.2. The Hall–Kier alpha value is -0.960. The fourth-order valence-corrected chi connectivity index (χ4v) is 2.06. The summed E-state index contributed by atoms with van der Waals surface area (Å²) in [5.41, 5.74) is 0. The van der Waals surface area contributed by atoms with Gasteiger partial charge in [0.1, 0.15) is 6.61 Å². The lowest BCUT2D eigenvalue weighted by atomic mass is 10.3. The molecule has 0 aromatic carbocycles. The lowest BCUT2D eigenvalue weighted by Gasteiger charge is -2.18. The molecule has 2 aliphatic rings. The van der Waals surface area contributed by atoms with Crippen molar-refractivity contribution >= 4 is 0 Å². The van der Waals surface area contributed by atoms with Crippen LogP contribution in [-0.4, -0.2) is 24.4 Å². The van der Waals surface area contributed by atoms with Gasteiger partial charge in [-0.15, -0.1) is 0 Å². The predicted molar refractivity (Wildman–Crippen MR) is 61.8 cm³/mol. The monoisotopic (exact) mass is 224 g/mol. The Labute approximate surface area is 96.7 Å². The van der Waals surface area contributed by atoms with Crippen LogP contribution in [0, 0.1) is 0 Å². The maximum absolute atomic E-state index is 9.21. The zero-order valence-corrected chi connectivity index (χ0v) is 9.65. The number of hydrogen-bond donors (Lipinski definition) is 1. The van der Waals surface area contributed by atoms with Gasteiger partial charge in [-0.2, -0.15) is 0 Å². The molecule has 1 N–H and O–H groups in total. The van der Waals surface area contributed by atoms with E-state index < -0.39 is 0 Å². The summed E-state index contributed by atoms with van der Waals surface area (Å²) < 4.78 is 11.3. The van der Waals surface area contributed by atoms with Crippen LogP contribution in [0.2, 0.25) is 0 Å². The van der Waals surface area contributed by atoms with Crippen molar-refractivity contribution < 1.29 is 14.6 Å². The molecular formula is C13H20O3. The Morgan fingerprint density at radius 3 is 2.38 bits per heavy atom. The third kappa shape index (κ3) is 3.27. The second-order valence-corrected chi connectivity index (χ2v) is 4.36. The van der Waals surface area contributed by atoms with Gasteiger partial charge in [0.25, 0.3) is 0 Å². The Kier molecular flexibility index (Phi) is 4.28. The first kappa shape index (κ1) is 11.5. The van der Waals surface area contributed by atoms with E-state index in [1.54, 1.807) is 0 Å². The molecule has 0 aromatic rings. The third-order valence-corrected chi connectivity index (χ3v) is 2.97. The molecule has 3 heteroatoms. The molecule has 0 fully saturated rings. The maximum atomic E-state index is 9.21. The van der Waals surface area contributed by atoms with Crippen molar-refractivity contribution in [3.63, 3.8) is 0 Å². The molecule has 0 radical (unpaired) electrons. The molecule has 2 aliphatic carbocycles. The predicted octanol–water partition coefficient (Wildman–Crippen LogP) is 2.52. The third-order valence-electron chi connectivity index (χ3n) is 2.97. The van der Waals surface area contributed by atoms with Gasteiger partial charge in [-0.1, -0.05) is 0 Å².